The van der Waals surface area contributed by atoms with Crippen LogP contribution >= 0.6 is 24.4 Å². The highest BCUT2D eigenvalue weighted by molar-refractivity contribution is 7.99. The first-order chi connectivity index (χ1) is 19.5. The lowest BCUT2D eigenvalue weighted by Crippen LogP contribution is -2.42. The first-order valence-corrected chi connectivity index (χ1v) is 15.3. The maximum absolute atomic E-state index is 13.8. The molecule has 10 heteroatoms. The highest BCUT2D eigenvalue weighted by atomic mass is 32.2. The Kier molecular flexibility index (Phi) is 9.83. The molecule has 1 N–H and O–H groups in total. The smallest absolute Gasteiger partial charge is 0.264 e. The molecule has 0 radical (unpaired) electrons. The second-order valence-electron chi connectivity index (χ2n) is 10.2. The molecule has 1 saturated carbocycles. The average Bonchev–Trinajstić information content (AvgIpc) is 2.93. The number of rotatable bonds is 12. The van der Waals surface area contributed by atoms with Gasteiger partial charge in [-0.25, -0.2) is 9.37 Å². The van der Waals surface area contributed by atoms with Crippen molar-refractivity contribution in [2.24, 2.45) is 0 Å². The standard InChI is InChI=1S/C30H35FN4O3S2/c31-21-10-12-22(13-11-21)38-19-4-3-16-32-17-14-28(36)34-18-15-25-24(20-34)29(37)35(26-8-1-2-9-27(26)39)30(33-25)40-23-6-5-7-23/h1-2,8-13,23,32,39H,3-7,14-20H2. The number of thioether (sulfide) groups is 1. The number of nitrogens with one attached hydrogen (secondary N) is 1. The van der Waals surface area contributed by atoms with Crippen LogP contribution in [0.5, 0.6) is 5.75 Å². The lowest BCUT2D eigenvalue weighted by atomic mass is 10.0. The van der Waals surface area contributed by atoms with Crippen LogP contribution in [0, 0.1) is 5.82 Å². The van der Waals surface area contributed by atoms with Crippen molar-refractivity contribution < 1.29 is 13.9 Å². The topological polar surface area (TPSA) is 76.5 Å². The van der Waals surface area contributed by atoms with Crippen LogP contribution in [0.15, 0.2) is 63.4 Å². The van der Waals surface area contributed by atoms with E-state index in [4.69, 9.17) is 9.72 Å². The Labute approximate surface area is 243 Å². The number of ether oxygens (including phenoxy) is 1. The molecule has 40 heavy (non-hydrogen) atoms. The minimum atomic E-state index is -0.277. The van der Waals surface area contributed by atoms with E-state index in [1.165, 1.54) is 18.6 Å². The molecule has 5 rings (SSSR count). The van der Waals surface area contributed by atoms with Crippen molar-refractivity contribution in [2.45, 2.75) is 66.8 Å². The molecular formula is C30H35FN4O3S2. The van der Waals surface area contributed by atoms with Crippen molar-refractivity contribution in [1.29, 1.82) is 0 Å². The maximum atomic E-state index is 13.8. The molecule has 1 aromatic heterocycles. The largest absolute Gasteiger partial charge is 0.494 e. The second kappa shape index (κ2) is 13.7. The summed E-state index contributed by atoms with van der Waals surface area (Å²) < 4.78 is 20.3. The Morgan fingerprint density at radius 2 is 1.93 bits per heavy atom. The molecule has 2 aromatic carbocycles. The molecule has 0 bridgehead atoms. The number of thiol groups is 1. The van der Waals surface area contributed by atoms with Gasteiger partial charge in [0.15, 0.2) is 5.16 Å². The summed E-state index contributed by atoms with van der Waals surface area (Å²) in [6, 6.07) is 13.6. The summed E-state index contributed by atoms with van der Waals surface area (Å²) in [5.41, 5.74) is 2.03. The van der Waals surface area contributed by atoms with E-state index in [2.05, 4.69) is 17.9 Å². The van der Waals surface area contributed by atoms with Crippen molar-refractivity contribution in [1.82, 2.24) is 19.8 Å². The van der Waals surface area contributed by atoms with Crippen LogP contribution in [0.2, 0.25) is 0 Å². The third-order valence-corrected chi connectivity index (χ3v) is 9.01. The Bertz CT molecular complexity index is 1380. The van der Waals surface area contributed by atoms with E-state index < -0.39 is 0 Å². The zero-order valence-electron chi connectivity index (χ0n) is 22.5. The van der Waals surface area contributed by atoms with Gasteiger partial charge in [-0.15, -0.1) is 12.6 Å². The number of aromatic nitrogens is 2. The van der Waals surface area contributed by atoms with E-state index in [1.54, 1.807) is 33.4 Å². The predicted molar refractivity (Wildman–Crippen MR) is 158 cm³/mol. The number of nitrogens with zero attached hydrogens (tertiary/aromatic N) is 3. The van der Waals surface area contributed by atoms with Crippen LogP contribution in [0.4, 0.5) is 4.39 Å². The molecule has 2 heterocycles. The quantitative estimate of drug-likeness (QED) is 0.177. The molecule has 7 nitrogen and oxygen atoms in total. The van der Waals surface area contributed by atoms with E-state index in [0.717, 1.165) is 53.7 Å². The molecule has 212 valence electrons. The molecule has 1 fully saturated rings. The average molecular weight is 583 g/mol. The summed E-state index contributed by atoms with van der Waals surface area (Å²) in [5, 5.41) is 4.53. The van der Waals surface area contributed by atoms with E-state index in [9.17, 15) is 14.0 Å². The maximum Gasteiger partial charge on any atom is 0.264 e. The van der Waals surface area contributed by atoms with E-state index >= 15 is 0 Å². The molecule has 0 spiro atoms. The number of hydrogen-bond acceptors (Lipinski definition) is 7. The van der Waals surface area contributed by atoms with Crippen LogP contribution < -0.4 is 15.6 Å². The number of hydrogen-bond donors (Lipinski definition) is 2. The van der Waals surface area contributed by atoms with Gasteiger partial charge in [-0.05, 0) is 68.6 Å². The first kappa shape index (κ1) is 28.7. The predicted octanol–water partition coefficient (Wildman–Crippen LogP) is 5.03. The molecule has 0 atom stereocenters. The van der Waals surface area contributed by atoms with Crippen LogP contribution in [-0.4, -0.2) is 51.8 Å². The summed E-state index contributed by atoms with van der Waals surface area (Å²) >= 11 is 6.30. The first-order valence-electron chi connectivity index (χ1n) is 14.0. The summed E-state index contributed by atoms with van der Waals surface area (Å²) in [6.45, 7) is 2.77. The van der Waals surface area contributed by atoms with E-state index in [0.29, 0.717) is 49.1 Å². The van der Waals surface area contributed by atoms with Gasteiger partial charge in [-0.1, -0.05) is 30.3 Å². The summed E-state index contributed by atoms with van der Waals surface area (Å²) in [4.78, 5) is 34.3. The van der Waals surface area contributed by atoms with Crippen molar-refractivity contribution in [3.8, 4) is 11.4 Å². The van der Waals surface area contributed by atoms with Gasteiger partial charge < -0.3 is 15.0 Å². The Balaban J connectivity index is 1.14. The van der Waals surface area contributed by atoms with Crippen LogP contribution in [0.1, 0.15) is 49.8 Å². The summed E-state index contributed by atoms with van der Waals surface area (Å²) in [6.07, 6.45) is 6.22. The monoisotopic (exact) mass is 582 g/mol. The fraction of sp³-hybridized carbons (Fsp3) is 0.433. The second-order valence-corrected chi connectivity index (χ2v) is 11.9. The molecule has 0 saturated heterocycles. The third kappa shape index (κ3) is 7.08. The number of carbonyl (C=O) groups is 1. The van der Waals surface area contributed by atoms with Crippen LogP contribution in [0.25, 0.3) is 5.69 Å². The fourth-order valence-electron chi connectivity index (χ4n) is 4.80. The molecule has 1 aliphatic carbocycles. The summed E-state index contributed by atoms with van der Waals surface area (Å²) in [7, 11) is 0. The highest BCUT2D eigenvalue weighted by Crippen LogP contribution is 2.37. The van der Waals surface area contributed by atoms with Crippen molar-refractivity contribution >= 4 is 30.3 Å². The number of unbranched alkanes of at least 4 members (excludes halogenated alkanes) is 1. The van der Waals surface area contributed by atoms with Gasteiger partial charge >= 0.3 is 0 Å². The molecule has 1 amide bonds. The zero-order valence-corrected chi connectivity index (χ0v) is 24.2. The van der Waals surface area contributed by atoms with E-state index in [-0.39, 0.29) is 23.8 Å². The number of para-hydroxylation sites is 1. The Morgan fingerprint density at radius 1 is 1.12 bits per heavy atom. The SMILES string of the molecule is O=C(CCNCCCCOc1ccc(F)cc1)N1CCc2nc(SC3CCC3)n(-c3ccccc3S)c(=O)c2C1. The normalized spacial score (nSPS) is 15.0. The van der Waals surface area contributed by atoms with Gasteiger partial charge in [0, 0.05) is 36.1 Å². The number of carbonyl (C=O) groups excluding carboxylic acids is 1. The number of halogens is 1. The van der Waals surface area contributed by atoms with Gasteiger partial charge in [0.2, 0.25) is 5.91 Å². The minimum Gasteiger partial charge on any atom is -0.494 e. The Morgan fingerprint density at radius 3 is 2.67 bits per heavy atom. The lowest BCUT2D eigenvalue weighted by Gasteiger charge is -2.30. The van der Waals surface area contributed by atoms with E-state index in [1.807, 2.05) is 24.3 Å². The third-order valence-electron chi connectivity index (χ3n) is 7.34. The zero-order chi connectivity index (χ0) is 27.9. The molecule has 3 aromatic rings. The molecule has 2 aliphatic rings. The van der Waals surface area contributed by atoms with Gasteiger partial charge in [0.05, 0.1) is 30.1 Å². The molecular weight excluding hydrogens is 547 g/mol. The molecule has 1 aliphatic heterocycles. The van der Waals surface area contributed by atoms with Crippen molar-refractivity contribution in [3.05, 3.63) is 76.0 Å². The number of amides is 1. The Hall–Kier alpha value is -2.82. The number of benzene rings is 2. The summed E-state index contributed by atoms with van der Waals surface area (Å²) in [5.74, 6) is 0.416. The van der Waals surface area contributed by atoms with Crippen molar-refractivity contribution in [3.63, 3.8) is 0 Å². The van der Waals surface area contributed by atoms with Crippen LogP contribution in [-0.2, 0) is 17.8 Å². The van der Waals surface area contributed by atoms with Crippen LogP contribution in [0.3, 0.4) is 0 Å². The fourth-order valence-corrected chi connectivity index (χ4v) is 6.38. The van der Waals surface area contributed by atoms with Gasteiger partial charge in [-0.2, -0.15) is 0 Å². The van der Waals surface area contributed by atoms with Gasteiger partial charge in [0.1, 0.15) is 11.6 Å². The number of fused-ring (bicyclic) bond motifs is 1. The van der Waals surface area contributed by atoms with Crippen molar-refractivity contribution in [2.75, 3.05) is 26.2 Å². The van der Waals surface area contributed by atoms with Gasteiger partial charge in [0.25, 0.3) is 5.56 Å². The highest BCUT2D eigenvalue weighted by Gasteiger charge is 2.29. The molecule has 0 unspecified atom stereocenters. The van der Waals surface area contributed by atoms with Gasteiger partial charge in [-0.3, -0.25) is 14.2 Å². The lowest BCUT2D eigenvalue weighted by molar-refractivity contribution is -0.132. The minimum absolute atomic E-state index is 0.0336.